The maximum Gasteiger partial charge on any atom is 0.295 e. The van der Waals surface area contributed by atoms with Crippen LogP contribution in [0.2, 0.25) is 0 Å². The van der Waals surface area contributed by atoms with E-state index in [2.05, 4.69) is 51.2 Å². The summed E-state index contributed by atoms with van der Waals surface area (Å²) in [5.74, 6) is -4.26. The Balaban J connectivity index is 1.76. The van der Waals surface area contributed by atoms with Gasteiger partial charge >= 0.3 is 0 Å². The highest BCUT2D eigenvalue weighted by molar-refractivity contribution is 7.86. The molecule has 8 atom stereocenters. The summed E-state index contributed by atoms with van der Waals surface area (Å²) >= 11 is 0. The number of hydrogen-bond donors (Lipinski definition) is 20. The number of nitrogens with one attached hydrogen (secondary N) is 4. The molecule has 0 saturated heterocycles. The Kier molecular flexibility index (Phi) is 28.2. The molecule has 0 spiro atoms. The molecular weight excluding hydrogens is 1240 g/mol. The van der Waals surface area contributed by atoms with Crippen molar-refractivity contribution in [3.63, 3.8) is 0 Å². The van der Waals surface area contributed by atoms with Gasteiger partial charge in [0.05, 0.1) is 64.4 Å². The number of aromatic nitrogens is 6. The number of anilines is 8. The molecule has 0 aliphatic heterocycles. The average Bonchev–Trinajstić information content (AvgIpc) is 1.46. The van der Waals surface area contributed by atoms with Crippen LogP contribution in [0.15, 0.2) is 46.2 Å². The second-order valence-electron chi connectivity index (χ2n) is 18.2. The molecule has 86 heavy (non-hydrogen) atoms. The summed E-state index contributed by atoms with van der Waals surface area (Å²) in [5.41, 5.74) is -1.01. The van der Waals surface area contributed by atoms with E-state index >= 15 is 0 Å². The summed E-state index contributed by atoms with van der Waals surface area (Å²) in [6, 6.07) is 6.35. The van der Waals surface area contributed by atoms with Crippen molar-refractivity contribution in [3.05, 3.63) is 47.5 Å². The van der Waals surface area contributed by atoms with Crippen molar-refractivity contribution in [2.75, 3.05) is 135 Å². The molecule has 2 aromatic carbocycles. The molecule has 0 fully saturated rings. The van der Waals surface area contributed by atoms with Crippen LogP contribution in [0.1, 0.15) is 11.1 Å². The molecule has 0 bridgehead atoms. The van der Waals surface area contributed by atoms with E-state index in [1.54, 1.807) is 0 Å². The van der Waals surface area contributed by atoms with Crippen molar-refractivity contribution in [1.29, 1.82) is 0 Å². The normalized spacial score (nSPS) is 15.3. The third-order valence-electron chi connectivity index (χ3n) is 11.6. The lowest BCUT2D eigenvalue weighted by Crippen LogP contribution is -2.50. The molecule has 4 rings (SSSR count). The van der Waals surface area contributed by atoms with Crippen LogP contribution >= 0.6 is 0 Å². The average molecular weight is 1310 g/mol. The van der Waals surface area contributed by atoms with Gasteiger partial charge in [0.2, 0.25) is 35.7 Å². The van der Waals surface area contributed by atoms with Crippen LogP contribution in [0.3, 0.4) is 0 Å². The fraction of sp³-hybridized carbons (Fsp3) is 0.545. The monoisotopic (exact) mass is 1310 g/mol. The fourth-order valence-corrected chi connectivity index (χ4v) is 9.41. The Morgan fingerprint density at radius 3 is 1.12 bits per heavy atom. The van der Waals surface area contributed by atoms with Crippen LogP contribution in [0.4, 0.5) is 47.1 Å². The molecule has 2 aromatic heterocycles. The Morgan fingerprint density at radius 1 is 0.465 bits per heavy atom. The SMILES string of the molecule is O=S(=O)(O)CCNc1nc(Nc2ccc(/C=C/c3ccc(Nc4nc(NCCS(=O)(=O)O)nc(N(CCOCCO)CC(O)C(O)C(O)C(O)CO)n4)cc3S(=O)(=O)O)c(S(=O)(=O)O)c2)nc(N(CCOCCO)CC(O)C(O)C(O)C(O)CO)n1. The molecule has 8 unspecified atom stereocenters. The molecule has 42 heteroatoms. The molecule has 0 aliphatic rings. The second kappa shape index (κ2) is 33.4. The first-order chi connectivity index (χ1) is 40.3. The number of aliphatic hydroxyl groups is 12. The number of ether oxygens (including phenoxy) is 2. The molecule has 2 heterocycles. The first kappa shape index (κ1) is 72.6. The van der Waals surface area contributed by atoms with E-state index in [1.165, 1.54) is 12.1 Å². The molecule has 0 amide bonds. The lowest BCUT2D eigenvalue weighted by atomic mass is 10.0. The smallest absolute Gasteiger partial charge is 0.295 e. The number of nitrogens with zero attached hydrogens (tertiary/aromatic N) is 8. The van der Waals surface area contributed by atoms with Crippen molar-refractivity contribution in [1.82, 2.24) is 29.9 Å². The summed E-state index contributed by atoms with van der Waals surface area (Å²) < 4.78 is 148. The Hall–Kier alpha value is -5.92. The third-order valence-corrected chi connectivity index (χ3v) is 14.8. The molecule has 0 radical (unpaired) electrons. The predicted octanol–water partition coefficient (Wildman–Crippen LogP) is -6.69. The van der Waals surface area contributed by atoms with Crippen LogP contribution in [-0.4, -0.2) is 296 Å². The van der Waals surface area contributed by atoms with E-state index < -0.39 is 187 Å². The van der Waals surface area contributed by atoms with Gasteiger partial charge in [-0.2, -0.15) is 63.6 Å². The summed E-state index contributed by atoms with van der Waals surface area (Å²) in [6.45, 7) is -6.37. The van der Waals surface area contributed by atoms with E-state index in [0.29, 0.717) is 0 Å². The highest BCUT2D eigenvalue weighted by Gasteiger charge is 2.34. The second-order valence-corrected chi connectivity index (χ2v) is 24.1. The van der Waals surface area contributed by atoms with Crippen LogP contribution in [0.5, 0.6) is 0 Å². The van der Waals surface area contributed by atoms with Crippen molar-refractivity contribution < 1.29 is 123 Å². The summed E-state index contributed by atoms with van der Waals surface area (Å²) in [7, 11) is -19.5. The molecular formula is C44H68N12O26S4. The summed E-state index contributed by atoms with van der Waals surface area (Å²) in [5, 5.41) is 130. The zero-order valence-corrected chi connectivity index (χ0v) is 48.3. The zero-order valence-electron chi connectivity index (χ0n) is 45.0. The topological polar surface area (TPSA) is 611 Å². The fourth-order valence-electron chi connectivity index (χ4n) is 7.27. The largest absolute Gasteiger partial charge is 0.394 e. The van der Waals surface area contributed by atoms with Gasteiger partial charge in [-0.05, 0) is 35.4 Å². The standard InChI is InChI=1S/C44H68N12O26S4/c57-11-15-81-13-9-55(21-29(61)35(65)37(67)31(63)23-59)43-51-39(45-7-17-83(69,70)71)49-41(53-43)47-27-5-3-25(33(19-27)85(75,76)77)1-2-26-4-6-28(20-34(26)86(78,79)80)48-42-50-40(46-8-18-84(72,73)74)52-44(54-42)56(10-14-82-16-12-58)22-30(62)36(66)38(68)32(64)24-60/h1-6,19-20,29-32,35-38,57-68H,7-18,21-24H2,(H,69,70,71)(H,72,73,74)(H,75,76,77)(H,78,79,80)(H2,45,47,49,51,53)(H2,46,48,50,52,54)/b2-1+. The minimum atomic E-state index is -5.20. The molecule has 484 valence electrons. The molecule has 38 nitrogen and oxygen atoms in total. The number of aliphatic hydroxyl groups excluding tert-OH is 12. The van der Waals surface area contributed by atoms with Crippen molar-refractivity contribution in [2.45, 2.75) is 58.6 Å². The van der Waals surface area contributed by atoms with Gasteiger partial charge in [0.1, 0.15) is 58.6 Å². The van der Waals surface area contributed by atoms with Crippen molar-refractivity contribution in [2.24, 2.45) is 0 Å². The molecule has 0 aliphatic carbocycles. The van der Waals surface area contributed by atoms with Gasteiger partial charge in [-0.3, -0.25) is 18.2 Å². The quantitative estimate of drug-likeness (QED) is 0.0112. The summed E-state index contributed by atoms with van der Waals surface area (Å²) in [4.78, 5) is 25.7. The Bertz CT molecular complexity index is 3090. The van der Waals surface area contributed by atoms with Crippen molar-refractivity contribution in [3.8, 4) is 0 Å². The minimum absolute atomic E-state index is 0.163. The lowest BCUT2D eigenvalue weighted by molar-refractivity contribution is -0.112. The van der Waals surface area contributed by atoms with E-state index in [4.69, 9.17) is 9.47 Å². The molecule has 0 saturated carbocycles. The van der Waals surface area contributed by atoms with E-state index in [-0.39, 0.29) is 73.9 Å². The van der Waals surface area contributed by atoms with Gasteiger partial charge in [-0.15, -0.1) is 0 Å². The lowest BCUT2D eigenvalue weighted by Gasteiger charge is -2.30. The van der Waals surface area contributed by atoms with Gasteiger partial charge < -0.3 is 102 Å². The predicted molar refractivity (Wildman–Crippen MR) is 300 cm³/mol. The van der Waals surface area contributed by atoms with Gasteiger partial charge in [0.15, 0.2) is 0 Å². The maximum absolute atomic E-state index is 12.9. The van der Waals surface area contributed by atoms with Gasteiger partial charge in [0.25, 0.3) is 40.5 Å². The van der Waals surface area contributed by atoms with Gasteiger partial charge in [-0.25, -0.2) is 0 Å². The van der Waals surface area contributed by atoms with Crippen LogP contribution in [0.25, 0.3) is 12.2 Å². The number of benzene rings is 2. The molecule has 20 N–H and O–H groups in total. The van der Waals surface area contributed by atoms with E-state index in [1.807, 2.05) is 0 Å². The first-order valence-electron chi connectivity index (χ1n) is 25.2. The Morgan fingerprint density at radius 2 is 0.802 bits per heavy atom. The first-order valence-corrected chi connectivity index (χ1v) is 31.3. The highest BCUT2D eigenvalue weighted by Crippen LogP contribution is 2.29. The van der Waals surface area contributed by atoms with Crippen LogP contribution < -0.4 is 31.1 Å². The third kappa shape index (κ3) is 24.0. The number of hydrogen-bond acceptors (Lipinski definition) is 34. The maximum atomic E-state index is 12.9. The van der Waals surface area contributed by atoms with Crippen LogP contribution in [0, 0.1) is 0 Å². The number of rotatable bonds is 40. The summed E-state index contributed by atoms with van der Waals surface area (Å²) in [6.07, 6.45) is -13.9. The van der Waals surface area contributed by atoms with E-state index in [0.717, 1.165) is 46.2 Å². The Labute approximate surface area is 491 Å². The highest BCUT2D eigenvalue weighted by atomic mass is 32.2. The minimum Gasteiger partial charge on any atom is -0.394 e. The van der Waals surface area contributed by atoms with Crippen LogP contribution in [-0.2, 0) is 49.9 Å². The molecule has 4 aromatic rings. The van der Waals surface area contributed by atoms with Gasteiger partial charge in [-0.1, -0.05) is 24.3 Å². The van der Waals surface area contributed by atoms with Crippen molar-refractivity contribution >= 4 is 99.7 Å². The van der Waals surface area contributed by atoms with E-state index in [9.17, 15) is 113 Å². The van der Waals surface area contributed by atoms with Gasteiger partial charge in [0, 0.05) is 50.6 Å². The zero-order chi connectivity index (χ0) is 64.2.